The SMILES string of the molecule is CCCn1cc(CN2CCC(CN)CC2)cn1. The monoisotopic (exact) mass is 236 g/mol. The van der Waals surface area contributed by atoms with Crippen LogP contribution in [-0.4, -0.2) is 34.3 Å². The molecule has 0 aliphatic carbocycles. The largest absolute Gasteiger partial charge is 0.330 e. The molecule has 96 valence electrons. The molecule has 0 atom stereocenters. The van der Waals surface area contributed by atoms with Crippen molar-refractivity contribution in [3.8, 4) is 0 Å². The topological polar surface area (TPSA) is 47.1 Å². The predicted molar refractivity (Wildman–Crippen MR) is 69.6 cm³/mol. The molecule has 0 saturated carbocycles. The van der Waals surface area contributed by atoms with Gasteiger partial charge in [-0.25, -0.2) is 0 Å². The lowest BCUT2D eigenvalue weighted by molar-refractivity contribution is 0.180. The molecular formula is C13H24N4. The Bertz CT molecular complexity index is 326. The summed E-state index contributed by atoms with van der Waals surface area (Å²) in [6.07, 6.45) is 7.82. The van der Waals surface area contributed by atoms with Crippen molar-refractivity contribution in [1.29, 1.82) is 0 Å². The van der Waals surface area contributed by atoms with E-state index in [4.69, 9.17) is 5.73 Å². The molecule has 0 spiro atoms. The van der Waals surface area contributed by atoms with E-state index in [9.17, 15) is 0 Å². The summed E-state index contributed by atoms with van der Waals surface area (Å²) in [4.78, 5) is 2.51. The fraction of sp³-hybridized carbons (Fsp3) is 0.769. The zero-order chi connectivity index (χ0) is 12.1. The summed E-state index contributed by atoms with van der Waals surface area (Å²) < 4.78 is 2.04. The van der Waals surface area contributed by atoms with Crippen LogP contribution >= 0.6 is 0 Å². The highest BCUT2D eigenvalue weighted by Gasteiger charge is 2.18. The van der Waals surface area contributed by atoms with E-state index in [1.54, 1.807) is 0 Å². The first-order valence-corrected chi connectivity index (χ1v) is 6.75. The Morgan fingerprint density at radius 1 is 1.41 bits per heavy atom. The molecule has 2 rings (SSSR count). The molecule has 2 N–H and O–H groups in total. The van der Waals surface area contributed by atoms with Gasteiger partial charge in [-0.2, -0.15) is 5.10 Å². The lowest BCUT2D eigenvalue weighted by Crippen LogP contribution is -2.35. The summed E-state index contributed by atoms with van der Waals surface area (Å²) in [5.74, 6) is 0.745. The highest BCUT2D eigenvalue weighted by molar-refractivity contribution is 5.03. The van der Waals surface area contributed by atoms with E-state index in [1.807, 2.05) is 10.9 Å². The molecule has 4 heteroatoms. The minimum Gasteiger partial charge on any atom is -0.330 e. The summed E-state index contributed by atoms with van der Waals surface area (Å²) in [6, 6.07) is 0. The van der Waals surface area contributed by atoms with Gasteiger partial charge in [-0.05, 0) is 44.8 Å². The van der Waals surface area contributed by atoms with E-state index in [0.717, 1.165) is 32.0 Å². The van der Waals surface area contributed by atoms with Gasteiger partial charge in [0.25, 0.3) is 0 Å². The lowest BCUT2D eigenvalue weighted by atomic mass is 9.97. The molecule has 0 aromatic carbocycles. The van der Waals surface area contributed by atoms with Crippen LogP contribution < -0.4 is 5.73 Å². The summed E-state index contributed by atoms with van der Waals surface area (Å²) in [6.45, 7) is 7.46. The molecule has 0 unspecified atom stereocenters. The fourth-order valence-electron chi connectivity index (χ4n) is 2.48. The second-order valence-corrected chi connectivity index (χ2v) is 5.07. The van der Waals surface area contributed by atoms with Crippen molar-refractivity contribution in [1.82, 2.24) is 14.7 Å². The Labute approximate surface area is 104 Å². The van der Waals surface area contributed by atoms with Gasteiger partial charge in [0.15, 0.2) is 0 Å². The minimum absolute atomic E-state index is 0.745. The van der Waals surface area contributed by atoms with Gasteiger partial charge in [0, 0.05) is 24.8 Å². The molecule has 1 fully saturated rings. The van der Waals surface area contributed by atoms with Crippen LogP contribution in [-0.2, 0) is 13.1 Å². The lowest BCUT2D eigenvalue weighted by Gasteiger charge is -2.30. The Morgan fingerprint density at radius 2 is 2.18 bits per heavy atom. The van der Waals surface area contributed by atoms with E-state index in [0.29, 0.717) is 0 Å². The Morgan fingerprint density at radius 3 is 2.82 bits per heavy atom. The van der Waals surface area contributed by atoms with E-state index >= 15 is 0 Å². The number of rotatable bonds is 5. The van der Waals surface area contributed by atoms with Crippen molar-refractivity contribution in [2.45, 2.75) is 39.3 Å². The van der Waals surface area contributed by atoms with Crippen LogP contribution in [0.1, 0.15) is 31.7 Å². The smallest absolute Gasteiger partial charge is 0.0534 e. The highest BCUT2D eigenvalue weighted by atomic mass is 15.3. The van der Waals surface area contributed by atoms with Gasteiger partial charge >= 0.3 is 0 Å². The maximum atomic E-state index is 5.71. The normalized spacial score (nSPS) is 18.7. The minimum atomic E-state index is 0.745. The quantitative estimate of drug-likeness (QED) is 0.842. The van der Waals surface area contributed by atoms with Gasteiger partial charge in [-0.3, -0.25) is 9.58 Å². The molecule has 0 bridgehead atoms. The highest BCUT2D eigenvalue weighted by Crippen LogP contribution is 2.17. The summed E-state index contributed by atoms with van der Waals surface area (Å²) in [5, 5.41) is 4.37. The molecule has 1 aromatic heterocycles. The third kappa shape index (κ3) is 3.54. The number of hydrogen-bond acceptors (Lipinski definition) is 3. The fourth-order valence-corrected chi connectivity index (χ4v) is 2.48. The van der Waals surface area contributed by atoms with Crippen LogP contribution in [0.25, 0.3) is 0 Å². The number of likely N-dealkylation sites (tertiary alicyclic amines) is 1. The zero-order valence-electron chi connectivity index (χ0n) is 10.8. The standard InChI is InChI=1S/C13H24N4/c1-2-5-17-11-13(9-15-17)10-16-6-3-12(8-14)4-7-16/h9,11-12H,2-8,10,14H2,1H3. The molecule has 2 heterocycles. The van der Waals surface area contributed by atoms with Crippen LogP contribution in [0.4, 0.5) is 0 Å². The van der Waals surface area contributed by atoms with Gasteiger partial charge in [0.1, 0.15) is 0 Å². The van der Waals surface area contributed by atoms with Crippen molar-refractivity contribution in [2.75, 3.05) is 19.6 Å². The molecule has 1 saturated heterocycles. The predicted octanol–water partition coefficient (Wildman–Crippen LogP) is 1.46. The van der Waals surface area contributed by atoms with Crippen LogP contribution in [0.5, 0.6) is 0 Å². The van der Waals surface area contributed by atoms with Crippen LogP contribution in [0.15, 0.2) is 12.4 Å². The number of hydrogen-bond donors (Lipinski definition) is 1. The van der Waals surface area contributed by atoms with Crippen molar-refractivity contribution in [3.05, 3.63) is 18.0 Å². The molecule has 0 radical (unpaired) electrons. The first-order chi connectivity index (χ1) is 8.31. The number of aromatic nitrogens is 2. The summed E-state index contributed by atoms with van der Waals surface area (Å²) >= 11 is 0. The van der Waals surface area contributed by atoms with Crippen molar-refractivity contribution in [2.24, 2.45) is 11.7 Å². The van der Waals surface area contributed by atoms with Gasteiger partial charge in [-0.1, -0.05) is 6.92 Å². The molecule has 0 amide bonds. The third-order valence-electron chi connectivity index (χ3n) is 3.59. The maximum absolute atomic E-state index is 5.71. The van der Waals surface area contributed by atoms with Gasteiger partial charge in [-0.15, -0.1) is 0 Å². The summed E-state index contributed by atoms with van der Waals surface area (Å²) in [5.41, 5.74) is 7.04. The van der Waals surface area contributed by atoms with Crippen LogP contribution in [0, 0.1) is 5.92 Å². The second-order valence-electron chi connectivity index (χ2n) is 5.07. The molecule has 1 aliphatic heterocycles. The van der Waals surface area contributed by atoms with Crippen LogP contribution in [0.2, 0.25) is 0 Å². The van der Waals surface area contributed by atoms with E-state index in [2.05, 4.69) is 23.1 Å². The van der Waals surface area contributed by atoms with Gasteiger partial charge < -0.3 is 5.73 Å². The average Bonchev–Trinajstić information content (AvgIpc) is 2.78. The number of piperidine rings is 1. The Hall–Kier alpha value is -0.870. The van der Waals surface area contributed by atoms with E-state index in [-0.39, 0.29) is 0 Å². The Balaban J connectivity index is 1.80. The third-order valence-corrected chi connectivity index (χ3v) is 3.59. The van der Waals surface area contributed by atoms with Crippen molar-refractivity contribution < 1.29 is 0 Å². The molecule has 17 heavy (non-hydrogen) atoms. The zero-order valence-corrected chi connectivity index (χ0v) is 10.8. The van der Waals surface area contributed by atoms with E-state index in [1.165, 1.54) is 31.5 Å². The number of nitrogens with zero attached hydrogens (tertiary/aromatic N) is 3. The van der Waals surface area contributed by atoms with Crippen molar-refractivity contribution in [3.63, 3.8) is 0 Å². The Kier molecular flexibility index (Phi) is 4.57. The second kappa shape index (κ2) is 6.17. The maximum Gasteiger partial charge on any atom is 0.0534 e. The first-order valence-electron chi connectivity index (χ1n) is 6.75. The van der Waals surface area contributed by atoms with Crippen LogP contribution in [0.3, 0.4) is 0 Å². The number of aryl methyl sites for hydroxylation is 1. The molecule has 1 aliphatic rings. The van der Waals surface area contributed by atoms with E-state index < -0.39 is 0 Å². The molecule has 1 aromatic rings. The summed E-state index contributed by atoms with van der Waals surface area (Å²) in [7, 11) is 0. The molecular weight excluding hydrogens is 212 g/mol. The number of nitrogens with two attached hydrogens (primary N) is 1. The van der Waals surface area contributed by atoms with Gasteiger partial charge in [0.2, 0.25) is 0 Å². The van der Waals surface area contributed by atoms with Crippen molar-refractivity contribution >= 4 is 0 Å². The first kappa shape index (κ1) is 12.6. The molecule has 4 nitrogen and oxygen atoms in total. The van der Waals surface area contributed by atoms with Gasteiger partial charge in [0.05, 0.1) is 6.20 Å². The average molecular weight is 236 g/mol.